The minimum absolute atomic E-state index is 0.0150. The highest BCUT2D eigenvalue weighted by molar-refractivity contribution is 9.10. The number of amides is 1. The molecule has 1 aromatic carbocycles. The summed E-state index contributed by atoms with van der Waals surface area (Å²) < 4.78 is 0.942. The van der Waals surface area contributed by atoms with Crippen molar-refractivity contribution in [3.63, 3.8) is 0 Å². The summed E-state index contributed by atoms with van der Waals surface area (Å²) in [5, 5.41) is 2.85. The van der Waals surface area contributed by atoms with Crippen LogP contribution in [0.3, 0.4) is 0 Å². The molecule has 1 rings (SSSR count). The van der Waals surface area contributed by atoms with Crippen LogP contribution in [0.25, 0.3) is 0 Å². The van der Waals surface area contributed by atoms with Crippen LogP contribution in [-0.2, 0) is 4.79 Å². The first-order chi connectivity index (χ1) is 7.15. The van der Waals surface area contributed by atoms with Gasteiger partial charge in [0, 0.05) is 10.9 Å². The number of aryl methyl sites for hydroxylation is 1. The molecular formula is C12H14BrNO. The molecule has 2 nitrogen and oxygen atoms in total. The van der Waals surface area contributed by atoms with Crippen molar-refractivity contribution in [3.8, 4) is 0 Å². The number of hydrogen-bond donors (Lipinski definition) is 1. The van der Waals surface area contributed by atoms with Gasteiger partial charge in [-0.3, -0.25) is 4.79 Å². The Balaban J connectivity index is 2.68. The van der Waals surface area contributed by atoms with Crippen molar-refractivity contribution >= 4 is 27.5 Å². The molecule has 3 heteroatoms. The van der Waals surface area contributed by atoms with E-state index >= 15 is 0 Å². The van der Waals surface area contributed by atoms with Crippen LogP contribution in [0.4, 0.5) is 5.69 Å². The molecule has 0 bridgehead atoms. The van der Waals surface area contributed by atoms with E-state index in [0.29, 0.717) is 12.8 Å². The number of carbonyl (C=O) groups is 1. The number of allylic oxidation sites excluding steroid dienone is 1. The number of halogens is 1. The van der Waals surface area contributed by atoms with Crippen LogP contribution in [0.2, 0.25) is 0 Å². The molecule has 0 fully saturated rings. The van der Waals surface area contributed by atoms with Crippen LogP contribution in [-0.4, -0.2) is 5.91 Å². The van der Waals surface area contributed by atoms with Gasteiger partial charge in [0.1, 0.15) is 0 Å². The summed E-state index contributed by atoms with van der Waals surface area (Å²) >= 11 is 3.44. The molecule has 0 saturated carbocycles. The summed E-state index contributed by atoms with van der Waals surface area (Å²) in [6.07, 6.45) is 2.92. The Kier molecular flexibility index (Phi) is 4.56. The van der Waals surface area contributed by atoms with Crippen LogP contribution in [0.5, 0.6) is 0 Å². The minimum Gasteiger partial charge on any atom is -0.325 e. The molecule has 0 radical (unpaired) electrons. The lowest BCUT2D eigenvalue weighted by Crippen LogP contribution is -2.11. The number of anilines is 1. The quantitative estimate of drug-likeness (QED) is 0.829. The first-order valence-corrected chi connectivity index (χ1v) is 5.60. The Morgan fingerprint density at radius 2 is 2.33 bits per heavy atom. The molecule has 15 heavy (non-hydrogen) atoms. The zero-order valence-corrected chi connectivity index (χ0v) is 10.3. The monoisotopic (exact) mass is 267 g/mol. The molecule has 0 spiro atoms. The fourth-order valence-electron chi connectivity index (χ4n) is 1.19. The molecule has 0 saturated heterocycles. The van der Waals surface area contributed by atoms with E-state index in [1.54, 1.807) is 6.08 Å². The Morgan fingerprint density at radius 3 is 3.00 bits per heavy atom. The van der Waals surface area contributed by atoms with Crippen molar-refractivity contribution in [2.45, 2.75) is 19.8 Å². The highest BCUT2D eigenvalue weighted by Gasteiger charge is 2.05. The Bertz CT molecular complexity index is 374. The molecule has 0 heterocycles. The smallest absolute Gasteiger partial charge is 0.224 e. The number of carbonyl (C=O) groups excluding carboxylic acids is 1. The van der Waals surface area contributed by atoms with Crippen molar-refractivity contribution < 1.29 is 4.79 Å². The second kappa shape index (κ2) is 5.71. The average Bonchev–Trinajstić information content (AvgIpc) is 2.22. The zero-order chi connectivity index (χ0) is 11.3. The van der Waals surface area contributed by atoms with Crippen molar-refractivity contribution in [1.82, 2.24) is 0 Å². The average molecular weight is 268 g/mol. The number of nitrogens with one attached hydrogen (secondary N) is 1. The third-order valence-electron chi connectivity index (χ3n) is 2.04. The summed E-state index contributed by atoms with van der Waals surface area (Å²) in [6, 6.07) is 5.79. The molecular weight excluding hydrogens is 254 g/mol. The van der Waals surface area contributed by atoms with Crippen molar-refractivity contribution in [2.24, 2.45) is 0 Å². The van der Waals surface area contributed by atoms with Gasteiger partial charge < -0.3 is 5.32 Å². The predicted molar refractivity (Wildman–Crippen MR) is 66.9 cm³/mol. The van der Waals surface area contributed by atoms with E-state index in [1.807, 2.05) is 25.1 Å². The Labute approximate surface area is 98.5 Å². The van der Waals surface area contributed by atoms with Gasteiger partial charge in [-0.05, 0) is 40.9 Å². The van der Waals surface area contributed by atoms with E-state index in [1.165, 1.54) is 0 Å². The summed E-state index contributed by atoms with van der Waals surface area (Å²) in [7, 11) is 0. The largest absolute Gasteiger partial charge is 0.325 e. The van der Waals surface area contributed by atoms with Gasteiger partial charge in [-0.2, -0.15) is 0 Å². The van der Waals surface area contributed by atoms with Crippen LogP contribution in [0, 0.1) is 6.92 Å². The van der Waals surface area contributed by atoms with Gasteiger partial charge in [0.15, 0.2) is 0 Å². The van der Waals surface area contributed by atoms with Crippen LogP contribution >= 0.6 is 15.9 Å². The van der Waals surface area contributed by atoms with Gasteiger partial charge in [-0.25, -0.2) is 0 Å². The first-order valence-electron chi connectivity index (χ1n) is 4.81. The Hall–Kier alpha value is -1.09. The maximum atomic E-state index is 11.5. The standard InChI is InChI=1S/C12H14BrNO/c1-3-4-8-11(15)14-10-7-5-6-9(2)12(10)13/h3,5-7H,1,4,8H2,2H3,(H,14,15). The molecule has 1 amide bonds. The van der Waals surface area contributed by atoms with Gasteiger partial charge in [-0.15, -0.1) is 6.58 Å². The molecule has 0 atom stereocenters. The summed E-state index contributed by atoms with van der Waals surface area (Å²) in [4.78, 5) is 11.5. The molecule has 1 aromatic rings. The predicted octanol–water partition coefficient (Wildman–Crippen LogP) is 3.66. The summed E-state index contributed by atoms with van der Waals surface area (Å²) in [5.41, 5.74) is 1.93. The highest BCUT2D eigenvalue weighted by Crippen LogP contribution is 2.25. The SMILES string of the molecule is C=CCCC(=O)Nc1cccc(C)c1Br. The fourth-order valence-corrected chi connectivity index (χ4v) is 1.55. The normalized spacial score (nSPS) is 9.73. The van der Waals surface area contributed by atoms with Crippen LogP contribution < -0.4 is 5.32 Å². The molecule has 0 aliphatic carbocycles. The van der Waals surface area contributed by atoms with Gasteiger partial charge in [0.25, 0.3) is 0 Å². The van der Waals surface area contributed by atoms with Crippen molar-refractivity contribution in [2.75, 3.05) is 5.32 Å². The van der Waals surface area contributed by atoms with Crippen LogP contribution in [0.15, 0.2) is 35.3 Å². The lowest BCUT2D eigenvalue weighted by Gasteiger charge is -2.08. The maximum Gasteiger partial charge on any atom is 0.224 e. The van der Waals surface area contributed by atoms with Gasteiger partial charge in [-0.1, -0.05) is 18.2 Å². The van der Waals surface area contributed by atoms with Gasteiger partial charge >= 0.3 is 0 Å². The minimum atomic E-state index is 0.0150. The molecule has 0 unspecified atom stereocenters. The van der Waals surface area contributed by atoms with Gasteiger partial charge in [0.05, 0.1) is 5.69 Å². The number of benzene rings is 1. The Morgan fingerprint density at radius 1 is 1.60 bits per heavy atom. The van der Waals surface area contributed by atoms with E-state index in [9.17, 15) is 4.79 Å². The molecule has 0 aliphatic heterocycles. The lowest BCUT2D eigenvalue weighted by atomic mass is 10.2. The molecule has 80 valence electrons. The maximum absolute atomic E-state index is 11.5. The highest BCUT2D eigenvalue weighted by atomic mass is 79.9. The number of rotatable bonds is 4. The topological polar surface area (TPSA) is 29.1 Å². The molecule has 0 aliphatic rings. The van der Waals surface area contributed by atoms with Gasteiger partial charge in [0.2, 0.25) is 5.91 Å². The van der Waals surface area contributed by atoms with E-state index in [4.69, 9.17) is 0 Å². The van der Waals surface area contributed by atoms with E-state index in [2.05, 4.69) is 27.8 Å². The summed E-state index contributed by atoms with van der Waals surface area (Å²) in [5.74, 6) is 0.0150. The second-order valence-corrected chi connectivity index (χ2v) is 4.10. The first kappa shape index (κ1) is 12.0. The summed E-state index contributed by atoms with van der Waals surface area (Å²) in [6.45, 7) is 5.57. The third-order valence-corrected chi connectivity index (χ3v) is 3.09. The third kappa shape index (κ3) is 3.51. The zero-order valence-electron chi connectivity index (χ0n) is 8.72. The lowest BCUT2D eigenvalue weighted by molar-refractivity contribution is -0.116. The van der Waals surface area contributed by atoms with E-state index in [-0.39, 0.29) is 5.91 Å². The number of hydrogen-bond acceptors (Lipinski definition) is 1. The molecule has 1 N–H and O–H groups in total. The van der Waals surface area contributed by atoms with E-state index in [0.717, 1.165) is 15.7 Å². The van der Waals surface area contributed by atoms with Crippen LogP contribution in [0.1, 0.15) is 18.4 Å². The molecule has 0 aromatic heterocycles. The van der Waals surface area contributed by atoms with E-state index < -0.39 is 0 Å². The van der Waals surface area contributed by atoms with Crippen molar-refractivity contribution in [3.05, 3.63) is 40.9 Å². The second-order valence-electron chi connectivity index (χ2n) is 3.31. The fraction of sp³-hybridized carbons (Fsp3) is 0.250. The van der Waals surface area contributed by atoms with Crippen molar-refractivity contribution in [1.29, 1.82) is 0 Å².